The number of nitrogens with zero attached hydrogens (tertiary/aromatic N) is 5. The lowest BCUT2D eigenvalue weighted by atomic mass is 10.0. The van der Waals surface area contributed by atoms with Gasteiger partial charge in [0.05, 0.1) is 34.2 Å². The molecule has 3 aromatic rings. The number of likely N-dealkylation sites (tertiary alicyclic amines) is 1. The summed E-state index contributed by atoms with van der Waals surface area (Å²) in [5, 5.41) is 8.87. The van der Waals surface area contributed by atoms with E-state index in [9.17, 15) is 4.21 Å². The van der Waals surface area contributed by atoms with Gasteiger partial charge in [-0.15, -0.1) is 17.9 Å². The predicted octanol–water partition coefficient (Wildman–Crippen LogP) is 4.91. The van der Waals surface area contributed by atoms with Gasteiger partial charge in [-0.05, 0) is 55.6 Å². The van der Waals surface area contributed by atoms with Crippen molar-refractivity contribution >= 4 is 55.7 Å². The number of ether oxygens (including phenoxy) is 1. The van der Waals surface area contributed by atoms with Crippen molar-refractivity contribution < 1.29 is 8.95 Å². The van der Waals surface area contributed by atoms with Crippen LogP contribution in [-0.4, -0.2) is 107 Å². The molecule has 236 valence electrons. The van der Waals surface area contributed by atoms with Crippen LogP contribution >= 0.6 is 11.3 Å². The van der Waals surface area contributed by atoms with E-state index in [0.29, 0.717) is 24.4 Å². The highest BCUT2D eigenvalue weighted by Gasteiger charge is 2.27. The normalized spacial score (nSPS) is 18.9. The highest BCUT2D eigenvalue weighted by Crippen LogP contribution is 2.32. The van der Waals surface area contributed by atoms with Crippen molar-refractivity contribution in [2.24, 2.45) is 0 Å². The number of methoxy groups -OCH3 is 1. The molecule has 5 rings (SSSR count). The molecule has 2 fully saturated rings. The van der Waals surface area contributed by atoms with Crippen LogP contribution in [0.1, 0.15) is 12.8 Å². The van der Waals surface area contributed by atoms with Gasteiger partial charge in [-0.2, -0.15) is 4.98 Å². The number of para-hydroxylation sites is 2. The third-order valence-corrected chi connectivity index (χ3v) is 9.52. The van der Waals surface area contributed by atoms with Crippen LogP contribution < -0.4 is 15.4 Å². The molecule has 1 unspecified atom stereocenters. The quantitative estimate of drug-likeness (QED) is 0.179. The van der Waals surface area contributed by atoms with Crippen molar-refractivity contribution in [1.29, 1.82) is 0 Å². The zero-order chi connectivity index (χ0) is 30.9. The molecular weight excluding hydrogens is 593 g/mol. The number of hydrogen-bond acceptors (Lipinski definition) is 10. The second-order valence-electron chi connectivity index (χ2n) is 11.2. The van der Waals surface area contributed by atoms with E-state index in [1.54, 1.807) is 24.7 Å². The number of hydrogen-bond donors (Lipinski definition) is 3. The molecule has 0 radical (unpaired) electrons. The van der Waals surface area contributed by atoms with E-state index >= 15 is 0 Å². The third-order valence-electron chi connectivity index (χ3n) is 8.10. The van der Waals surface area contributed by atoms with Crippen LogP contribution in [0.15, 0.2) is 72.3 Å². The average molecular weight is 637 g/mol. The monoisotopic (exact) mass is 636 g/mol. The molecule has 10 nitrogen and oxygen atoms in total. The molecule has 0 bridgehead atoms. The van der Waals surface area contributed by atoms with E-state index in [1.807, 2.05) is 41.8 Å². The number of nitrogens with one attached hydrogen (secondary N) is 3. The predicted molar refractivity (Wildman–Crippen MR) is 185 cm³/mol. The topological polar surface area (TPSA) is 97.9 Å². The van der Waals surface area contributed by atoms with Crippen molar-refractivity contribution in [1.82, 2.24) is 24.7 Å². The van der Waals surface area contributed by atoms with Crippen molar-refractivity contribution in [3.8, 4) is 0 Å². The number of allylic oxidation sites excluding steroid dienone is 1. The summed E-state index contributed by atoms with van der Waals surface area (Å²) in [6, 6.07) is 10.1. The van der Waals surface area contributed by atoms with E-state index in [-0.39, 0.29) is 6.04 Å². The summed E-state index contributed by atoms with van der Waals surface area (Å²) in [5.41, 5.74) is 3.52. The van der Waals surface area contributed by atoms with Gasteiger partial charge in [0.1, 0.15) is 11.0 Å². The summed E-state index contributed by atoms with van der Waals surface area (Å²) in [5.74, 6) is 1.17. The van der Waals surface area contributed by atoms with E-state index in [4.69, 9.17) is 14.7 Å². The van der Waals surface area contributed by atoms with Gasteiger partial charge < -0.3 is 29.9 Å². The molecule has 4 heterocycles. The Labute approximate surface area is 267 Å². The lowest BCUT2D eigenvalue weighted by molar-refractivity contribution is 0.0763. The minimum atomic E-state index is -1.20. The Bertz CT molecular complexity index is 1480. The minimum Gasteiger partial charge on any atom is -0.381 e. The van der Waals surface area contributed by atoms with E-state index in [1.165, 1.54) is 25.9 Å². The lowest BCUT2D eigenvalue weighted by Crippen LogP contribution is -2.52. The number of benzene rings is 1. The second-order valence-corrected chi connectivity index (χ2v) is 13.2. The molecule has 12 heteroatoms. The van der Waals surface area contributed by atoms with E-state index < -0.39 is 11.0 Å². The Hall–Kier alpha value is -3.29. The summed E-state index contributed by atoms with van der Waals surface area (Å²) in [6.07, 6.45) is 12.2. The van der Waals surface area contributed by atoms with E-state index in [0.717, 1.165) is 53.5 Å². The van der Waals surface area contributed by atoms with Crippen molar-refractivity contribution in [2.75, 3.05) is 81.6 Å². The molecule has 3 N–H and O–H groups in total. The van der Waals surface area contributed by atoms with Crippen LogP contribution in [0.3, 0.4) is 0 Å². The van der Waals surface area contributed by atoms with E-state index in [2.05, 4.69) is 61.9 Å². The number of piperazine rings is 1. The molecule has 0 spiro atoms. The molecule has 0 saturated carbocycles. The fourth-order valence-electron chi connectivity index (χ4n) is 5.66. The second kappa shape index (κ2) is 15.6. The van der Waals surface area contributed by atoms with Gasteiger partial charge >= 0.3 is 0 Å². The number of fused-ring (bicyclic) bond motifs is 1. The first-order chi connectivity index (χ1) is 21.4. The first-order valence-corrected chi connectivity index (χ1v) is 17.5. The highest BCUT2D eigenvalue weighted by molar-refractivity contribution is 7.85. The Balaban J connectivity index is 1.28. The summed E-state index contributed by atoms with van der Waals surface area (Å²) >= 11 is 1.57. The molecule has 2 atom stereocenters. The molecular formula is C32H44N8O2S2. The van der Waals surface area contributed by atoms with Gasteiger partial charge in [-0.25, -0.2) is 9.19 Å². The van der Waals surface area contributed by atoms with Gasteiger partial charge in [-0.1, -0.05) is 24.3 Å². The van der Waals surface area contributed by atoms with Crippen LogP contribution in [0, 0.1) is 0 Å². The van der Waals surface area contributed by atoms with Crippen LogP contribution in [-0.2, 0) is 15.7 Å². The Morgan fingerprint density at radius 1 is 1.14 bits per heavy atom. The third kappa shape index (κ3) is 8.45. The maximum Gasteiger partial charge on any atom is 0.226 e. The van der Waals surface area contributed by atoms with Crippen LogP contribution in [0.4, 0.5) is 23.1 Å². The lowest BCUT2D eigenvalue weighted by Gasteiger charge is -2.43. The van der Waals surface area contributed by atoms with Crippen LogP contribution in [0.5, 0.6) is 0 Å². The zero-order valence-corrected chi connectivity index (χ0v) is 27.5. The van der Waals surface area contributed by atoms with Gasteiger partial charge in [-0.3, -0.25) is 4.90 Å². The summed E-state index contributed by atoms with van der Waals surface area (Å²) < 4.78 is 21.2. The maximum absolute atomic E-state index is 11.9. The average Bonchev–Trinajstić information content (AvgIpc) is 3.51. The first kappa shape index (κ1) is 32.1. The SMILES string of the molecule is C=C[C@H](/C=C\C(=C/COC)N1CCC(N2CCN(C)CC2)CC1)Nc1nc(Nc2ccccc2NS(C)=O)c2sccc2n1. The summed E-state index contributed by atoms with van der Waals surface area (Å²) in [6.45, 7) is 11.3. The van der Waals surface area contributed by atoms with Crippen molar-refractivity contribution in [2.45, 2.75) is 24.9 Å². The minimum absolute atomic E-state index is 0.191. The van der Waals surface area contributed by atoms with Gasteiger partial charge in [0, 0.05) is 64.4 Å². The highest BCUT2D eigenvalue weighted by atomic mass is 32.2. The molecule has 2 aromatic heterocycles. The molecule has 1 aromatic carbocycles. The Morgan fingerprint density at radius 3 is 2.59 bits per heavy atom. The zero-order valence-electron chi connectivity index (χ0n) is 25.9. The van der Waals surface area contributed by atoms with Gasteiger partial charge in [0.2, 0.25) is 5.95 Å². The van der Waals surface area contributed by atoms with Crippen LogP contribution in [0.25, 0.3) is 10.2 Å². The van der Waals surface area contributed by atoms with Crippen LogP contribution in [0.2, 0.25) is 0 Å². The smallest absolute Gasteiger partial charge is 0.226 e. The Kier molecular flexibility index (Phi) is 11.4. The molecule has 2 saturated heterocycles. The fraction of sp³-hybridized carbons (Fsp3) is 0.438. The first-order valence-electron chi connectivity index (χ1n) is 15.1. The van der Waals surface area contributed by atoms with Crippen molar-refractivity contribution in [3.05, 3.63) is 72.3 Å². The number of aromatic nitrogens is 2. The number of piperidine rings is 1. The molecule has 2 aliphatic rings. The number of rotatable bonds is 13. The molecule has 0 aliphatic carbocycles. The van der Waals surface area contributed by atoms with Gasteiger partial charge in [0.25, 0.3) is 0 Å². The molecule has 0 amide bonds. The largest absolute Gasteiger partial charge is 0.381 e. The van der Waals surface area contributed by atoms with Crippen molar-refractivity contribution in [3.63, 3.8) is 0 Å². The molecule has 2 aliphatic heterocycles. The summed E-state index contributed by atoms with van der Waals surface area (Å²) in [7, 11) is 2.74. The van der Waals surface area contributed by atoms with Gasteiger partial charge in [0.15, 0.2) is 5.82 Å². The number of likely N-dealkylation sites (N-methyl/N-ethyl adjacent to an activating group) is 1. The maximum atomic E-state index is 11.9. The standard InChI is InChI=1S/C32H44N8O2S2/c1-5-24(10-11-25(14-22-42-3)39-16-12-26(13-17-39)40-20-18-38(2)19-21-40)33-32-35-29-15-23-43-30(29)31(36-32)34-27-8-6-7-9-28(27)37-44(4)41/h5-11,14-15,23-24,26,37H,1,12-13,16-22H2,2-4H3,(H2,33,34,35,36)/b11-10-,25-14+/t24-,44?/m1/s1. The Morgan fingerprint density at radius 2 is 1.89 bits per heavy atom. The number of thiophene rings is 1. The fourth-order valence-corrected chi connectivity index (χ4v) is 6.92. The molecule has 44 heavy (non-hydrogen) atoms. The summed E-state index contributed by atoms with van der Waals surface area (Å²) in [4.78, 5) is 17.2. The number of anilines is 4.